The molecule has 2 aromatic rings. The predicted molar refractivity (Wildman–Crippen MR) is 103 cm³/mol. The maximum atomic E-state index is 12.3. The number of carbonyl (C=O) groups excluding carboxylic acids is 1. The normalized spacial score (nSPS) is 23.4. The Morgan fingerprint density at radius 3 is 2.89 bits per heavy atom. The second-order valence-corrected chi connectivity index (χ2v) is 7.50. The number of hydrogen-bond donors (Lipinski definition) is 1. The summed E-state index contributed by atoms with van der Waals surface area (Å²) in [5, 5.41) is 10.2. The molecule has 0 radical (unpaired) electrons. The zero-order valence-corrected chi connectivity index (χ0v) is 15.8. The molecule has 0 saturated carbocycles. The first-order valence-electron chi connectivity index (χ1n) is 9.37. The van der Waals surface area contributed by atoms with Gasteiger partial charge in [0, 0.05) is 38.8 Å². The number of benzene rings is 1. The SMILES string of the molecule is CCN(C)C(=O)c1ccc(N2C[C@@H]3c4ccccc4OC[C@]3(CO)C2)nc1. The average molecular weight is 367 g/mol. The van der Waals surface area contributed by atoms with Crippen LogP contribution in [-0.4, -0.2) is 60.8 Å². The summed E-state index contributed by atoms with van der Waals surface area (Å²) < 4.78 is 5.95. The first-order valence-corrected chi connectivity index (χ1v) is 9.37. The van der Waals surface area contributed by atoms with Gasteiger partial charge in [0.25, 0.3) is 5.91 Å². The van der Waals surface area contributed by atoms with Crippen LogP contribution in [0.3, 0.4) is 0 Å². The fourth-order valence-corrected chi connectivity index (χ4v) is 4.11. The molecule has 1 fully saturated rings. The summed E-state index contributed by atoms with van der Waals surface area (Å²) in [5.41, 5.74) is 1.41. The molecular weight excluding hydrogens is 342 g/mol. The van der Waals surface area contributed by atoms with Crippen LogP contribution in [0.4, 0.5) is 5.82 Å². The van der Waals surface area contributed by atoms with E-state index in [1.54, 1.807) is 18.1 Å². The van der Waals surface area contributed by atoms with Gasteiger partial charge in [0.15, 0.2) is 0 Å². The Labute approximate surface area is 159 Å². The summed E-state index contributed by atoms with van der Waals surface area (Å²) in [6.07, 6.45) is 1.64. The minimum absolute atomic E-state index is 0.0270. The topological polar surface area (TPSA) is 65.9 Å². The van der Waals surface area contributed by atoms with Gasteiger partial charge in [-0.25, -0.2) is 4.98 Å². The number of rotatable bonds is 4. The summed E-state index contributed by atoms with van der Waals surface area (Å²) in [6, 6.07) is 11.8. The molecule has 1 aromatic heterocycles. The molecule has 4 rings (SSSR count). The lowest BCUT2D eigenvalue weighted by atomic mass is 9.74. The minimum Gasteiger partial charge on any atom is -0.493 e. The Hall–Kier alpha value is -2.60. The molecule has 1 N–H and O–H groups in total. The van der Waals surface area contributed by atoms with Crippen molar-refractivity contribution in [3.05, 3.63) is 53.7 Å². The molecule has 2 aliphatic heterocycles. The fourth-order valence-electron chi connectivity index (χ4n) is 4.11. The number of aliphatic hydroxyl groups excluding tert-OH is 1. The Morgan fingerprint density at radius 1 is 1.37 bits per heavy atom. The van der Waals surface area contributed by atoms with Crippen LogP contribution < -0.4 is 9.64 Å². The molecule has 0 bridgehead atoms. The van der Waals surface area contributed by atoms with Crippen LogP contribution in [-0.2, 0) is 0 Å². The molecule has 1 amide bonds. The van der Waals surface area contributed by atoms with Crippen LogP contribution in [0, 0.1) is 5.41 Å². The van der Waals surface area contributed by atoms with Crippen molar-refractivity contribution in [3.63, 3.8) is 0 Å². The van der Waals surface area contributed by atoms with Gasteiger partial charge in [0.05, 0.1) is 24.2 Å². The van der Waals surface area contributed by atoms with E-state index in [4.69, 9.17) is 4.74 Å². The first kappa shape index (κ1) is 17.8. The molecule has 2 atom stereocenters. The van der Waals surface area contributed by atoms with E-state index in [9.17, 15) is 9.90 Å². The smallest absolute Gasteiger partial charge is 0.255 e. The van der Waals surface area contributed by atoms with Crippen molar-refractivity contribution in [1.29, 1.82) is 0 Å². The largest absolute Gasteiger partial charge is 0.493 e. The van der Waals surface area contributed by atoms with Crippen LogP contribution in [0.25, 0.3) is 0 Å². The summed E-state index contributed by atoms with van der Waals surface area (Å²) >= 11 is 0. The van der Waals surface area contributed by atoms with Crippen molar-refractivity contribution in [1.82, 2.24) is 9.88 Å². The molecule has 6 heteroatoms. The van der Waals surface area contributed by atoms with Gasteiger partial charge in [-0.3, -0.25) is 4.79 Å². The summed E-state index contributed by atoms with van der Waals surface area (Å²) in [4.78, 5) is 20.7. The number of pyridine rings is 1. The van der Waals surface area contributed by atoms with E-state index in [1.807, 2.05) is 37.3 Å². The zero-order valence-electron chi connectivity index (χ0n) is 15.8. The summed E-state index contributed by atoms with van der Waals surface area (Å²) in [5.74, 6) is 1.90. The lowest BCUT2D eigenvalue weighted by Gasteiger charge is -2.37. The fraction of sp³-hybridized carbons (Fsp3) is 0.429. The molecule has 0 unspecified atom stereocenters. The molecule has 6 nitrogen and oxygen atoms in total. The van der Waals surface area contributed by atoms with E-state index in [0.717, 1.165) is 23.7 Å². The van der Waals surface area contributed by atoms with E-state index in [-0.39, 0.29) is 23.8 Å². The van der Waals surface area contributed by atoms with Gasteiger partial charge in [-0.1, -0.05) is 18.2 Å². The van der Waals surface area contributed by atoms with Gasteiger partial charge in [-0.05, 0) is 30.7 Å². The van der Waals surface area contributed by atoms with Crippen molar-refractivity contribution in [2.45, 2.75) is 12.8 Å². The van der Waals surface area contributed by atoms with Gasteiger partial charge in [-0.15, -0.1) is 0 Å². The predicted octanol–water partition coefficient (Wildman–Crippen LogP) is 2.15. The highest BCUT2D eigenvalue weighted by Gasteiger charge is 2.51. The van der Waals surface area contributed by atoms with Gasteiger partial charge in [0.1, 0.15) is 11.6 Å². The van der Waals surface area contributed by atoms with Crippen molar-refractivity contribution in [2.24, 2.45) is 5.41 Å². The standard InChI is InChI=1S/C21H25N3O3/c1-3-23(2)20(26)15-8-9-19(22-10-15)24-11-17-16-6-4-5-7-18(16)27-14-21(17,12-24)13-25/h4-10,17,25H,3,11-14H2,1-2H3/t17-,21-/m1/s1. The van der Waals surface area contributed by atoms with Gasteiger partial charge >= 0.3 is 0 Å². The van der Waals surface area contributed by atoms with Crippen LogP contribution in [0.2, 0.25) is 0 Å². The quantitative estimate of drug-likeness (QED) is 0.897. The summed E-state index contributed by atoms with van der Waals surface area (Å²) in [7, 11) is 1.78. The Kier molecular flexibility index (Phi) is 4.52. The maximum Gasteiger partial charge on any atom is 0.255 e. The second-order valence-electron chi connectivity index (χ2n) is 7.50. The highest BCUT2D eigenvalue weighted by atomic mass is 16.5. The van der Waals surface area contributed by atoms with Crippen molar-refractivity contribution in [3.8, 4) is 5.75 Å². The number of nitrogens with zero attached hydrogens (tertiary/aromatic N) is 3. The molecular formula is C21H25N3O3. The Balaban J connectivity index is 1.59. The summed E-state index contributed by atoms with van der Waals surface area (Å²) in [6.45, 7) is 4.63. The highest BCUT2D eigenvalue weighted by Crippen LogP contribution is 2.49. The van der Waals surface area contributed by atoms with Gasteiger partial charge in [0.2, 0.25) is 0 Å². The number of ether oxygens (including phenoxy) is 1. The Morgan fingerprint density at radius 2 is 2.19 bits per heavy atom. The van der Waals surface area contributed by atoms with E-state index in [2.05, 4.69) is 16.0 Å². The zero-order chi connectivity index (χ0) is 19.0. The third-order valence-electron chi connectivity index (χ3n) is 5.91. The molecule has 3 heterocycles. The van der Waals surface area contributed by atoms with Crippen LogP contribution in [0.5, 0.6) is 5.75 Å². The second kappa shape index (κ2) is 6.85. The lowest BCUT2D eigenvalue weighted by molar-refractivity contribution is 0.0535. The van der Waals surface area contributed by atoms with Gasteiger partial charge < -0.3 is 19.6 Å². The highest BCUT2D eigenvalue weighted by molar-refractivity contribution is 5.93. The third-order valence-corrected chi connectivity index (χ3v) is 5.91. The van der Waals surface area contributed by atoms with E-state index in [1.165, 1.54) is 0 Å². The van der Waals surface area contributed by atoms with Gasteiger partial charge in [-0.2, -0.15) is 0 Å². The number of carbonyl (C=O) groups is 1. The molecule has 0 spiro atoms. The van der Waals surface area contributed by atoms with E-state index in [0.29, 0.717) is 25.3 Å². The van der Waals surface area contributed by atoms with Crippen LogP contribution in [0.1, 0.15) is 28.8 Å². The number of hydrogen-bond acceptors (Lipinski definition) is 5. The van der Waals surface area contributed by atoms with Crippen molar-refractivity contribution >= 4 is 11.7 Å². The molecule has 2 aliphatic rings. The molecule has 1 saturated heterocycles. The number of para-hydroxylation sites is 1. The van der Waals surface area contributed by atoms with E-state index >= 15 is 0 Å². The molecule has 0 aliphatic carbocycles. The van der Waals surface area contributed by atoms with Crippen LogP contribution >= 0.6 is 0 Å². The van der Waals surface area contributed by atoms with Crippen LogP contribution in [0.15, 0.2) is 42.6 Å². The number of amides is 1. The monoisotopic (exact) mass is 367 g/mol. The number of aromatic nitrogens is 1. The Bertz CT molecular complexity index is 839. The molecule has 142 valence electrons. The number of fused-ring (bicyclic) bond motifs is 3. The van der Waals surface area contributed by atoms with Crippen molar-refractivity contribution in [2.75, 3.05) is 44.8 Å². The minimum atomic E-state index is -0.326. The van der Waals surface area contributed by atoms with E-state index < -0.39 is 0 Å². The number of anilines is 1. The molecule has 27 heavy (non-hydrogen) atoms. The lowest BCUT2D eigenvalue weighted by Crippen LogP contribution is -2.42. The number of aliphatic hydroxyl groups is 1. The molecule has 1 aromatic carbocycles. The average Bonchev–Trinajstić information content (AvgIpc) is 3.13. The third kappa shape index (κ3) is 2.94. The first-order chi connectivity index (χ1) is 13.1. The van der Waals surface area contributed by atoms with Crippen molar-refractivity contribution < 1.29 is 14.6 Å². The maximum absolute atomic E-state index is 12.3.